The highest BCUT2D eigenvalue weighted by Crippen LogP contribution is 2.19. The van der Waals surface area contributed by atoms with Gasteiger partial charge in [-0.15, -0.1) is 0 Å². The van der Waals surface area contributed by atoms with Gasteiger partial charge < -0.3 is 0 Å². The summed E-state index contributed by atoms with van der Waals surface area (Å²) in [6, 6.07) is 10.3. The molecule has 0 amide bonds. The minimum Gasteiger partial charge on any atom is -0.245 e. The Morgan fingerprint density at radius 2 is 1.85 bits per heavy atom. The van der Waals surface area contributed by atoms with Crippen molar-refractivity contribution in [3.05, 3.63) is 60.8 Å². The van der Waals surface area contributed by atoms with Crippen LogP contribution in [0.2, 0.25) is 0 Å². The molecule has 20 heavy (non-hydrogen) atoms. The standard InChI is InChI=1S/C16H16N4/c1-12(2)13-3-5-15(6-4-13)20-10-14(9-19-20)16-7-8-17-11-18-16/h3-12H,1-2H3. The summed E-state index contributed by atoms with van der Waals surface area (Å²) in [6.45, 7) is 4.38. The van der Waals surface area contributed by atoms with E-state index in [2.05, 4.69) is 53.2 Å². The molecule has 0 fully saturated rings. The van der Waals surface area contributed by atoms with E-state index in [1.54, 1.807) is 12.5 Å². The molecular formula is C16H16N4. The first-order valence-electron chi connectivity index (χ1n) is 6.65. The van der Waals surface area contributed by atoms with Gasteiger partial charge in [0, 0.05) is 18.0 Å². The fourth-order valence-corrected chi connectivity index (χ4v) is 2.07. The maximum absolute atomic E-state index is 4.39. The number of benzene rings is 1. The lowest BCUT2D eigenvalue weighted by Gasteiger charge is -2.06. The van der Waals surface area contributed by atoms with Crippen LogP contribution in [0, 0.1) is 0 Å². The summed E-state index contributed by atoms with van der Waals surface area (Å²) >= 11 is 0. The van der Waals surface area contributed by atoms with Crippen LogP contribution in [0.1, 0.15) is 25.3 Å². The molecule has 0 aliphatic heterocycles. The number of hydrogen-bond donors (Lipinski definition) is 0. The highest BCUT2D eigenvalue weighted by Gasteiger charge is 2.05. The minimum absolute atomic E-state index is 0.540. The van der Waals surface area contributed by atoms with Gasteiger partial charge in [0.05, 0.1) is 17.6 Å². The molecule has 4 heteroatoms. The molecule has 1 aromatic carbocycles. The molecule has 0 unspecified atom stereocenters. The van der Waals surface area contributed by atoms with Crippen molar-refractivity contribution in [2.45, 2.75) is 19.8 Å². The van der Waals surface area contributed by atoms with Gasteiger partial charge in [0.1, 0.15) is 6.33 Å². The van der Waals surface area contributed by atoms with Crippen molar-refractivity contribution < 1.29 is 0 Å². The van der Waals surface area contributed by atoms with E-state index in [9.17, 15) is 0 Å². The molecule has 0 spiro atoms. The van der Waals surface area contributed by atoms with Crippen molar-refractivity contribution in [3.8, 4) is 16.9 Å². The molecule has 2 heterocycles. The molecule has 4 nitrogen and oxygen atoms in total. The van der Waals surface area contributed by atoms with Crippen LogP contribution in [-0.2, 0) is 0 Å². The second kappa shape index (κ2) is 5.25. The Labute approximate surface area is 118 Å². The first-order chi connectivity index (χ1) is 9.74. The summed E-state index contributed by atoms with van der Waals surface area (Å²) in [5.74, 6) is 0.540. The Morgan fingerprint density at radius 3 is 2.50 bits per heavy atom. The molecule has 100 valence electrons. The average molecular weight is 264 g/mol. The third kappa shape index (κ3) is 2.45. The van der Waals surface area contributed by atoms with Gasteiger partial charge in [-0.3, -0.25) is 0 Å². The monoisotopic (exact) mass is 264 g/mol. The normalized spacial score (nSPS) is 10.9. The SMILES string of the molecule is CC(C)c1ccc(-n2cc(-c3ccncn3)cn2)cc1. The smallest absolute Gasteiger partial charge is 0.116 e. The van der Waals surface area contributed by atoms with Crippen molar-refractivity contribution in [2.24, 2.45) is 0 Å². The van der Waals surface area contributed by atoms with Crippen molar-refractivity contribution in [2.75, 3.05) is 0 Å². The summed E-state index contributed by atoms with van der Waals surface area (Å²) in [6.07, 6.45) is 7.08. The third-order valence-electron chi connectivity index (χ3n) is 3.28. The fraction of sp³-hybridized carbons (Fsp3) is 0.188. The maximum Gasteiger partial charge on any atom is 0.116 e. The lowest BCUT2D eigenvalue weighted by Crippen LogP contribution is -1.95. The molecule has 3 rings (SSSR count). The van der Waals surface area contributed by atoms with Crippen LogP contribution >= 0.6 is 0 Å². The van der Waals surface area contributed by atoms with E-state index < -0.39 is 0 Å². The molecule has 0 bridgehead atoms. The van der Waals surface area contributed by atoms with Crippen LogP contribution in [0.25, 0.3) is 16.9 Å². The quantitative estimate of drug-likeness (QED) is 0.727. The Hall–Kier alpha value is -2.49. The van der Waals surface area contributed by atoms with Crippen LogP contribution in [0.4, 0.5) is 0 Å². The molecule has 0 saturated carbocycles. The highest BCUT2D eigenvalue weighted by atomic mass is 15.3. The number of rotatable bonds is 3. The largest absolute Gasteiger partial charge is 0.245 e. The zero-order valence-electron chi connectivity index (χ0n) is 11.6. The summed E-state index contributed by atoms with van der Waals surface area (Å²) in [4.78, 5) is 8.15. The Morgan fingerprint density at radius 1 is 1.05 bits per heavy atom. The molecular weight excluding hydrogens is 248 g/mol. The van der Waals surface area contributed by atoms with E-state index in [0.29, 0.717) is 5.92 Å². The van der Waals surface area contributed by atoms with Crippen LogP contribution < -0.4 is 0 Å². The van der Waals surface area contributed by atoms with Crippen molar-refractivity contribution in [1.29, 1.82) is 0 Å². The van der Waals surface area contributed by atoms with E-state index >= 15 is 0 Å². The van der Waals surface area contributed by atoms with Gasteiger partial charge in [0.2, 0.25) is 0 Å². The number of aromatic nitrogens is 4. The fourth-order valence-electron chi connectivity index (χ4n) is 2.07. The van der Waals surface area contributed by atoms with E-state index in [-0.39, 0.29) is 0 Å². The van der Waals surface area contributed by atoms with Gasteiger partial charge in [-0.2, -0.15) is 5.10 Å². The van der Waals surface area contributed by atoms with Gasteiger partial charge in [-0.25, -0.2) is 14.6 Å². The van der Waals surface area contributed by atoms with Crippen LogP contribution in [0.5, 0.6) is 0 Å². The summed E-state index contributed by atoms with van der Waals surface area (Å²) in [5.41, 5.74) is 4.25. The molecule has 0 aliphatic carbocycles. The van der Waals surface area contributed by atoms with Gasteiger partial charge >= 0.3 is 0 Å². The van der Waals surface area contributed by atoms with E-state index in [1.165, 1.54) is 5.56 Å². The Balaban J connectivity index is 1.90. The number of hydrogen-bond acceptors (Lipinski definition) is 3. The van der Waals surface area contributed by atoms with E-state index in [1.807, 2.05) is 23.1 Å². The van der Waals surface area contributed by atoms with Crippen LogP contribution in [0.15, 0.2) is 55.2 Å². The molecule has 0 atom stereocenters. The van der Waals surface area contributed by atoms with Gasteiger partial charge in [0.15, 0.2) is 0 Å². The third-order valence-corrected chi connectivity index (χ3v) is 3.28. The number of nitrogens with zero attached hydrogens (tertiary/aromatic N) is 4. The first kappa shape index (κ1) is 12.5. The van der Waals surface area contributed by atoms with Gasteiger partial charge in [0.25, 0.3) is 0 Å². The first-order valence-corrected chi connectivity index (χ1v) is 6.65. The Kier molecular flexibility index (Phi) is 3.29. The second-order valence-corrected chi connectivity index (χ2v) is 5.01. The zero-order chi connectivity index (χ0) is 13.9. The molecule has 3 aromatic rings. The molecule has 0 aliphatic rings. The van der Waals surface area contributed by atoms with Gasteiger partial charge in [-0.1, -0.05) is 26.0 Å². The van der Waals surface area contributed by atoms with Crippen LogP contribution in [-0.4, -0.2) is 19.7 Å². The lowest BCUT2D eigenvalue weighted by molar-refractivity contribution is 0.854. The van der Waals surface area contributed by atoms with Crippen molar-refractivity contribution in [1.82, 2.24) is 19.7 Å². The molecule has 0 saturated heterocycles. The van der Waals surface area contributed by atoms with E-state index in [0.717, 1.165) is 16.9 Å². The Bertz CT molecular complexity index is 684. The lowest BCUT2D eigenvalue weighted by atomic mass is 10.0. The second-order valence-electron chi connectivity index (χ2n) is 5.01. The van der Waals surface area contributed by atoms with E-state index in [4.69, 9.17) is 0 Å². The van der Waals surface area contributed by atoms with Crippen molar-refractivity contribution in [3.63, 3.8) is 0 Å². The minimum atomic E-state index is 0.540. The van der Waals surface area contributed by atoms with Gasteiger partial charge in [-0.05, 0) is 29.7 Å². The molecule has 2 aromatic heterocycles. The summed E-state index contributed by atoms with van der Waals surface area (Å²) in [5, 5.41) is 4.39. The van der Waals surface area contributed by atoms with Crippen LogP contribution in [0.3, 0.4) is 0 Å². The summed E-state index contributed by atoms with van der Waals surface area (Å²) in [7, 11) is 0. The average Bonchev–Trinajstić information content (AvgIpc) is 2.98. The predicted octanol–water partition coefficient (Wildman–Crippen LogP) is 3.45. The summed E-state index contributed by atoms with van der Waals surface area (Å²) < 4.78 is 1.86. The topological polar surface area (TPSA) is 43.6 Å². The zero-order valence-corrected chi connectivity index (χ0v) is 11.6. The van der Waals surface area contributed by atoms with Crippen molar-refractivity contribution >= 4 is 0 Å². The molecule has 0 radical (unpaired) electrons. The predicted molar refractivity (Wildman–Crippen MR) is 78.7 cm³/mol. The molecule has 0 N–H and O–H groups in total. The highest BCUT2D eigenvalue weighted by molar-refractivity contribution is 5.56. The maximum atomic E-state index is 4.39.